The number of nitrogens with one attached hydrogen (secondary N) is 1. The number of carbonyl (C=O) groups is 1. The predicted octanol–water partition coefficient (Wildman–Crippen LogP) is 0.459. The summed E-state index contributed by atoms with van der Waals surface area (Å²) < 4.78 is 0. The van der Waals surface area contributed by atoms with Crippen molar-refractivity contribution in [3.05, 3.63) is 0 Å². The number of hydrogen-bond donors (Lipinski definition) is 2. The molecule has 1 aliphatic rings. The molecule has 0 amide bonds. The van der Waals surface area contributed by atoms with Gasteiger partial charge in [0, 0.05) is 12.1 Å². The van der Waals surface area contributed by atoms with Crippen molar-refractivity contribution in [2.75, 3.05) is 6.54 Å². The van der Waals surface area contributed by atoms with Gasteiger partial charge in [0.15, 0.2) is 0 Å². The Morgan fingerprint density at radius 2 is 2.30 bits per heavy atom. The largest absolute Gasteiger partial charge is 0.481 e. The number of rotatable bonds is 1. The summed E-state index contributed by atoms with van der Waals surface area (Å²) in [4.78, 5) is 10.4. The molecule has 2 N–H and O–H groups in total. The monoisotopic (exact) mass is 143 g/mol. The van der Waals surface area contributed by atoms with Crippen LogP contribution in [0.4, 0.5) is 0 Å². The van der Waals surface area contributed by atoms with Gasteiger partial charge in [-0.25, -0.2) is 0 Å². The van der Waals surface area contributed by atoms with Crippen LogP contribution in [0, 0.1) is 5.92 Å². The van der Waals surface area contributed by atoms with E-state index in [4.69, 9.17) is 5.11 Å². The molecule has 58 valence electrons. The SMILES string of the molecule is CC1(C)C[C@@H](C(=O)O)CN1. The second-order valence-electron chi connectivity index (χ2n) is 3.50. The predicted molar refractivity (Wildman–Crippen MR) is 37.8 cm³/mol. The van der Waals surface area contributed by atoms with Crippen LogP contribution in [0.5, 0.6) is 0 Å². The molecule has 1 aliphatic heterocycles. The van der Waals surface area contributed by atoms with Gasteiger partial charge in [0.25, 0.3) is 0 Å². The van der Waals surface area contributed by atoms with Crippen LogP contribution in [0.2, 0.25) is 0 Å². The molecule has 0 aromatic heterocycles. The van der Waals surface area contributed by atoms with Gasteiger partial charge in [-0.05, 0) is 20.3 Å². The Labute approximate surface area is 60.4 Å². The second kappa shape index (κ2) is 2.23. The van der Waals surface area contributed by atoms with E-state index < -0.39 is 5.97 Å². The minimum Gasteiger partial charge on any atom is -0.481 e. The first-order valence-electron chi connectivity index (χ1n) is 3.49. The van der Waals surface area contributed by atoms with Crippen LogP contribution in [0.3, 0.4) is 0 Å². The minimum absolute atomic E-state index is 0.0169. The van der Waals surface area contributed by atoms with Crippen LogP contribution in [0.25, 0.3) is 0 Å². The molecular formula is C7H13NO2. The van der Waals surface area contributed by atoms with Crippen molar-refractivity contribution in [2.24, 2.45) is 5.92 Å². The first-order valence-corrected chi connectivity index (χ1v) is 3.49. The highest BCUT2D eigenvalue weighted by Crippen LogP contribution is 2.22. The molecule has 1 heterocycles. The molecule has 1 fully saturated rings. The number of aliphatic carboxylic acids is 1. The maximum atomic E-state index is 10.4. The maximum absolute atomic E-state index is 10.4. The molecule has 0 spiro atoms. The number of carboxylic acids is 1. The summed E-state index contributed by atoms with van der Waals surface area (Å²) in [5, 5.41) is 11.8. The summed E-state index contributed by atoms with van der Waals surface area (Å²) in [6.07, 6.45) is 0.738. The van der Waals surface area contributed by atoms with E-state index in [1.165, 1.54) is 0 Å². The third kappa shape index (κ3) is 1.48. The fourth-order valence-electron chi connectivity index (χ4n) is 1.33. The van der Waals surface area contributed by atoms with Crippen LogP contribution in [-0.2, 0) is 4.79 Å². The van der Waals surface area contributed by atoms with Crippen molar-refractivity contribution >= 4 is 5.97 Å². The molecule has 3 heteroatoms. The zero-order valence-corrected chi connectivity index (χ0v) is 6.35. The van der Waals surface area contributed by atoms with Gasteiger partial charge in [-0.3, -0.25) is 4.79 Å². The molecule has 3 nitrogen and oxygen atoms in total. The summed E-state index contributed by atoms with van der Waals surface area (Å²) in [7, 11) is 0. The zero-order chi connectivity index (χ0) is 7.78. The summed E-state index contributed by atoms with van der Waals surface area (Å²) in [5.74, 6) is -0.868. The molecular weight excluding hydrogens is 130 g/mol. The second-order valence-corrected chi connectivity index (χ2v) is 3.50. The topological polar surface area (TPSA) is 49.3 Å². The third-order valence-electron chi connectivity index (χ3n) is 1.93. The van der Waals surface area contributed by atoms with E-state index in [1.807, 2.05) is 13.8 Å². The van der Waals surface area contributed by atoms with Gasteiger partial charge in [-0.2, -0.15) is 0 Å². The molecule has 1 saturated heterocycles. The minimum atomic E-state index is -0.682. The molecule has 1 rings (SSSR count). The average molecular weight is 143 g/mol. The highest BCUT2D eigenvalue weighted by Gasteiger charge is 2.34. The molecule has 0 bridgehead atoms. The standard InChI is InChI=1S/C7H13NO2/c1-7(2)3-5(4-8-7)6(9)10/h5,8H,3-4H2,1-2H3,(H,9,10)/t5-/m1/s1. The quantitative estimate of drug-likeness (QED) is 0.560. The normalized spacial score (nSPS) is 30.4. The molecule has 10 heavy (non-hydrogen) atoms. The maximum Gasteiger partial charge on any atom is 0.307 e. The fourth-order valence-corrected chi connectivity index (χ4v) is 1.33. The lowest BCUT2D eigenvalue weighted by atomic mass is 9.97. The van der Waals surface area contributed by atoms with Gasteiger partial charge in [-0.15, -0.1) is 0 Å². The molecule has 0 aromatic rings. The van der Waals surface area contributed by atoms with Crippen molar-refractivity contribution in [2.45, 2.75) is 25.8 Å². The third-order valence-corrected chi connectivity index (χ3v) is 1.93. The average Bonchev–Trinajstić information content (AvgIpc) is 2.10. The van der Waals surface area contributed by atoms with E-state index in [1.54, 1.807) is 0 Å². The molecule has 0 aromatic carbocycles. The highest BCUT2D eigenvalue weighted by molar-refractivity contribution is 5.70. The van der Waals surface area contributed by atoms with E-state index in [0.717, 1.165) is 6.42 Å². The smallest absolute Gasteiger partial charge is 0.307 e. The van der Waals surface area contributed by atoms with Crippen molar-refractivity contribution in [1.82, 2.24) is 5.32 Å². The van der Waals surface area contributed by atoms with Gasteiger partial charge in [0.2, 0.25) is 0 Å². The Morgan fingerprint density at radius 3 is 2.50 bits per heavy atom. The van der Waals surface area contributed by atoms with Crippen LogP contribution in [0.15, 0.2) is 0 Å². The Morgan fingerprint density at radius 1 is 1.70 bits per heavy atom. The van der Waals surface area contributed by atoms with Gasteiger partial charge in [-0.1, -0.05) is 0 Å². The Hall–Kier alpha value is -0.570. The number of carboxylic acid groups (broad SMARTS) is 1. The van der Waals surface area contributed by atoms with Crippen LogP contribution in [0.1, 0.15) is 20.3 Å². The van der Waals surface area contributed by atoms with Crippen molar-refractivity contribution < 1.29 is 9.90 Å². The van der Waals surface area contributed by atoms with E-state index in [9.17, 15) is 4.79 Å². The van der Waals surface area contributed by atoms with Gasteiger partial charge >= 0.3 is 5.97 Å². The van der Waals surface area contributed by atoms with Gasteiger partial charge in [0.1, 0.15) is 0 Å². The highest BCUT2D eigenvalue weighted by atomic mass is 16.4. The van der Waals surface area contributed by atoms with Gasteiger partial charge in [0.05, 0.1) is 5.92 Å². The first kappa shape index (κ1) is 7.54. The summed E-state index contributed by atoms with van der Waals surface area (Å²) in [6, 6.07) is 0. The van der Waals surface area contributed by atoms with Crippen LogP contribution in [-0.4, -0.2) is 23.2 Å². The summed E-state index contributed by atoms with van der Waals surface area (Å²) in [6.45, 7) is 4.66. The summed E-state index contributed by atoms with van der Waals surface area (Å²) in [5.41, 5.74) is 0.0169. The molecule has 0 saturated carbocycles. The van der Waals surface area contributed by atoms with Crippen molar-refractivity contribution in [3.8, 4) is 0 Å². The van der Waals surface area contributed by atoms with Crippen LogP contribution < -0.4 is 5.32 Å². The molecule has 0 aliphatic carbocycles. The lowest BCUT2D eigenvalue weighted by Crippen LogP contribution is -2.31. The first-order chi connectivity index (χ1) is 4.51. The van der Waals surface area contributed by atoms with E-state index in [0.29, 0.717) is 6.54 Å². The van der Waals surface area contributed by atoms with E-state index >= 15 is 0 Å². The molecule has 1 atom stereocenters. The lowest BCUT2D eigenvalue weighted by molar-refractivity contribution is -0.141. The Kier molecular flexibility index (Phi) is 1.68. The zero-order valence-electron chi connectivity index (χ0n) is 6.35. The van der Waals surface area contributed by atoms with Gasteiger partial charge < -0.3 is 10.4 Å². The lowest BCUT2D eigenvalue weighted by Gasteiger charge is -2.16. The number of hydrogen-bond acceptors (Lipinski definition) is 2. The molecule has 0 unspecified atom stereocenters. The Bertz CT molecular complexity index is 154. The van der Waals surface area contributed by atoms with Crippen molar-refractivity contribution in [3.63, 3.8) is 0 Å². The summed E-state index contributed by atoms with van der Waals surface area (Å²) >= 11 is 0. The van der Waals surface area contributed by atoms with Crippen molar-refractivity contribution in [1.29, 1.82) is 0 Å². The van der Waals surface area contributed by atoms with E-state index in [-0.39, 0.29) is 11.5 Å². The fraction of sp³-hybridized carbons (Fsp3) is 0.857. The Balaban J connectivity index is 2.51. The van der Waals surface area contributed by atoms with E-state index in [2.05, 4.69) is 5.32 Å². The molecule has 0 radical (unpaired) electrons. The van der Waals surface area contributed by atoms with Crippen LogP contribution >= 0.6 is 0 Å².